The van der Waals surface area contributed by atoms with Gasteiger partial charge in [0, 0.05) is 6.54 Å². The number of rotatable bonds is 7. The predicted octanol–water partition coefficient (Wildman–Crippen LogP) is 3.98. The van der Waals surface area contributed by atoms with E-state index in [1.54, 1.807) is 6.26 Å². The number of furan rings is 1. The van der Waals surface area contributed by atoms with Crippen LogP contribution >= 0.6 is 0 Å². The van der Waals surface area contributed by atoms with Crippen LogP contribution in [0.4, 0.5) is 0 Å². The van der Waals surface area contributed by atoms with Gasteiger partial charge >= 0.3 is 0 Å². The number of nitrogens with zero attached hydrogens (tertiary/aromatic N) is 1. The molecule has 1 aliphatic rings. The highest BCUT2D eigenvalue weighted by Gasteiger charge is 2.20. The van der Waals surface area contributed by atoms with Gasteiger partial charge in [0.2, 0.25) is 0 Å². The van der Waals surface area contributed by atoms with E-state index in [1.807, 2.05) is 24.3 Å². The number of carbonyl (C=O) groups is 1. The number of piperidine rings is 1. The molecule has 0 radical (unpaired) electrons. The van der Waals surface area contributed by atoms with Crippen LogP contribution in [-0.4, -0.2) is 37.0 Å². The average Bonchev–Trinajstić information content (AvgIpc) is 3.18. The van der Waals surface area contributed by atoms with Crippen molar-refractivity contribution in [3.8, 4) is 5.75 Å². The van der Waals surface area contributed by atoms with Crippen LogP contribution in [0.1, 0.15) is 44.9 Å². The van der Waals surface area contributed by atoms with Crippen molar-refractivity contribution in [3.63, 3.8) is 0 Å². The Morgan fingerprint density at radius 3 is 2.50 bits per heavy atom. The molecule has 2 aromatic rings. The van der Waals surface area contributed by atoms with E-state index in [1.165, 1.54) is 5.56 Å². The quantitative estimate of drug-likeness (QED) is 0.784. The van der Waals surface area contributed by atoms with Gasteiger partial charge in [0.15, 0.2) is 6.61 Å². The van der Waals surface area contributed by atoms with E-state index in [9.17, 15) is 4.79 Å². The van der Waals surface area contributed by atoms with E-state index in [4.69, 9.17) is 9.15 Å². The summed E-state index contributed by atoms with van der Waals surface area (Å²) in [5.41, 5.74) is 1.37. The highest BCUT2D eigenvalue weighted by molar-refractivity contribution is 5.77. The fraction of sp³-hybridized carbons (Fsp3) is 0.522. The number of amides is 1. The van der Waals surface area contributed by atoms with Gasteiger partial charge in [-0.1, -0.05) is 32.9 Å². The summed E-state index contributed by atoms with van der Waals surface area (Å²) in [5, 5.41) is 3.02. The molecule has 3 rings (SSSR count). The minimum atomic E-state index is -0.0575. The molecule has 1 aromatic carbocycles. The van der Waals surface area contributed by atoms with E-state index < -0.39 is 0 Å². The molecule has 28 heavy (non-hydrogen) atoms. The fourth-order valence-corrected chi connectivity index (χ4v) is 3.48. The van der Waals surface area contributed by atoms with Crippen molar-refractivity contribution in [2.75, 3.05) is 26.2 Å². The third-order valence-electron chi connectivity index (χ3n) is 5.34. The Balaban J connectivity index is 1.32. The molecule has 0 atom stereocenters. The van der Waals surface area contributed by atoms with Crippen LogP contribution in [-0.2, 0) is 16.8 Å². The smallest absolute Gasteiger partial charge is 0.257 e. The first kappa shape index (κ1) is 20.5. The molecular weight excluding hydrogens is 352 g/mol. The number of benzene rings is 1. The van der Waals surface area contributed by atoms with Gasteiger partial charge in [0.05, 0.1) is 12.8 Å². The summed E-state index contributed by atoms with van der Waals surface area (Å²) in [6, 6.07) is 11.9. The zero-order chi connectivity index (χ0) is 20.0. The zero-order valence-electron chi connectivity index (χ0n) is 17.2. The molecule has 0 bridgehead atoms. The van der Waals surface area contributed by atoms with Crippen LogP contribution in [0.5, 0.6) is 5.75 Å². The van der Waals surface area contributed by atoms with Gasteiger partial charge in [0.25, 0.3) is 5.91 Å². The Hall–Kier alpha value is -2.27. The Labute approximate surface area is 168 Å². The van der Waals surface area contributed by atoms with E-state index in [-0.39, 0.29) is 17.9 Å². The summed E-state index contributed by atoms with van der Waals surface area (Å²) in [7, 11) is 0. The van der Waals surface area contributed by atoms with Crippen molar-refractivity contribution in [2.45, 2.75) is 45.6 Å². The van der Waals surface area contributed by atoms with Gasteiger partial charge in [-0.3, -0.25) is 9.69 Å². The molecule has 0 unspecified atom stereocenters. The highest BCUT2D eigenvalue weighted by Crippen LogP contribution is 2.24. The van der Waals surface area contributed by atoms with Crippen LogP contribution in [0.15, 0.2) is 47.1 Å². The van der Waals surface area contributed by atoms with Crippen LogP contribution in [0.2, 0.25) is 0 Å². The lowest BCUT2D eigenvalue weighted by molar-refractivity contribution is -0.123. The molecule has 1 amide bonds. The monoisotopic (exact) mass is 384 g/mol. The minimum Gasteiger partial charge on any atom is -0.484 e. The standard InChI is InChI=1S/C23H32N2O3/c1-23(2,3)19-6-8-20(9-7-19)28-17-22(26)24-15-18-10-12-25(13-11-18)16-21-5-4-14-27-21/h4-9,14,18H,10-13,15-17H2,1-3H3,(H,24,26). The van der Waals surface area contributed by atoms with Crippen molar-refractivity contribution in [3.05, 3.63) is 54.0 Å². The highest BCUT2D eigenvalue weighted by atomic mass is 16.5. The Morgan fingerprint density at radius 2 is 1.89 bits per heavy atom. The van der Waals surface area contributed by atoms with Crippen molar-refractivity contribution in [1.29, 1.82) is 0 Å². The molecule has 5 heteroatoms. The Kier molecular flexibility index (Phi) is 6.79. The lowest BCUT2D eigenvalue weighted by atomic mass is 9.87. The molecule has 5 nitrogen and oxygen atoms in total. The van der Waals surface area contributed by atoms with E-state index in [0.29, 0.717) is 5.92 Å². The predicted molar refractivity (Wildman–Crippen MR) is 110 cm³/mol. The Bertz CT molecular complexity index is 724. The summed E-state index contributed by atoms with van der Waals surface area (Å²) < 4.78 is 11.0. The molecule has 152 valence electrons. The molecular formula is C23H32N2O3. The summed E-state index contributed by atoms with van der Waals surface area (Å²) in [5.74, 6) is 2.22. The molecule has 1 fully saturated rings. The number of likely N-dealkylation sites (tertiary alicyclic amines) is 1. The fourth-order valence-electron chi connectivity index (χ4n) is 3.48. The van der Waals surface area contributed by atoms with E-state index >= 15 is 0 Å². The molecule has 1 aliphatic heterocycles. The Morgan fingerprint density at radius 1 is 1.18 bits per heavy atom. The topological polar surface area (TPSA) is 54.7 Å². The maximum atomic E-state index is 12.1. The second-order valence-electron chi connectivity index (χ2n) is 8.67. The van der Waals surface area contributed by atoms with Gasteiger partial charge in [-0.15, -0.1) is 0 Å². The molecule has 2 heterocycles. The van der Waals surface area contributed by atoms with Crippen molar-refractivity contribution >= 4 is 5.91 Å². The number of hydrogen-bond acceptors (Lipinski definition) is 4. The normalized spacial score (nSPS) is 16.1. The first-order valence-electron chi connectivity index (χ1n) is 10.1. The lowest BCUT2D eigenvalue weighted by Crippen LogP contribution is -2.39. The molecule has 0 aliphatic carbocycles. The summed E-state index contributed by atoms with van der Waals surface area (Å²) >= 11 is 0. The van der Waals surface area contributed by atoms with E-state index in [2.05, 4.69) is 43.1 Å². The SMILES string of the molecule is CC(C)(C)c1ccc(OCC(=O)NCC2CCN(Cc3ccco3)CC2)cc1. The first-order valence-corrected chi connectivity index (χ1v) is 10.1. The third kappa shape index (κ3) is 6.13. The number of hydrogen-bond donors (Lipinski definition) is 1. The number of nitrogens with one attached hydrogen (secondary N) is 1. The van der Waals surface area contributed by atoms with Crippen LogP contribution in [0, 0.1) is 5.92 Å². The van der Waals surface area contributed by atoms with Gasteiger partial charge in [0.1, 0.15) is 11.5 Å². The van der Waals surface area contributed by atoms with Crippen molar-refractivity contribution < 1.29 is 13.9 Å². The van der Waals surface area contributed by atoms with Crippen molar-refractivity contribution in [1.82, 2.24) is 10.2 Å². The first-order chi connectivity index (χ1) is 13.4. The maximum absolute atomic E-state index is 12.1. The second-order valence-corrected chi connectivity index (χ2v) is 8.67. The number of ether oxygens (including phenoxy) is 1. The van der Waals surface area contributed by atoms with Gasteiger partial charge in [-0.05, 0) is 67.1 Å². The molecule has 1 saturated heterocycles. The molecule has 1 aromatic heterocycles. The molecule has 0 spiro atoms. The van der Waals surface area contributed by atoms with Crippen molar-refractivity contribution in [2.24, 2.45) is 5.92 Å². The molecule has 0 saturated carbocycles. The van der Waals surface area contributed by atoms with Crippen LogP contribution in [0.25, 0.3) is 0 Å². The van der Waals surface area contributed by atoms with Crippen LogP contribution in [0.3, 0.4) is 0 Å². The van der Waals surface area contributed by atoms with E-state index in [0.717, 1.165) is 50.5 Å². The zero-order valence-corrected chi connectivity index (χ0v) is 17.2. The third-order valence-corrected chi connectivity index (χ3v) is 5.34. The van der Waals surface area contributed by atoms with Gasteiger partial charge < -0.3 is 14.5 Å². The summed E-state index contributed by atoms with van der Waals surface area (Å²) in [6.45, 7) is 10.3. The lowest BCUT2D eigenvalue weighted by Gasteiger charge is -2.31. The second kappa shape index (κ2) is 9.28. The van der Waals surface area contributed by atoms with Gasteiger partial charge in [-0.25, -0.2) is 0 Å². The minimum absolute atomic E-state index is 0.0575. The number of carbonyl (C=O) groups excluding carboxylic acids is 1. The maximum Gasteiger partial charge on any atom is 0.257 e. The largest absolute Gasteiger partial charge is 0.484 e. The average molecular weight is 385 g/mol. The molecule has 1 N–H and O–H groups in total. The van der Waals surface area contributed by atoms with Gasteiger partial charge in [-0.2, -0.15) is 0 Å². The summed E-state index contributed by atoms with van der Waals surface area (Å²) in [4.78, 5) is 14.5. The van der Waals surface area contributed by atoms with Crippen LogP contribution < -0.4 is 10.1 Å². The summed E-state index contributed by atoms with van der Waals surface area (Å²) in [6.07, 6.45) is 3.91.